The molecule has 3 aliphatic carbocycles. The molecule has 0 aromatic carbocycles. The quantitative estimate of drug-likeness (QED) is 0.427. The summed E-state index contributed by atoms with van der Waals surface area (Å²) in [7, 11) is 0. The Hall–Kier alpha value is -0.340. The maximum absolute atomic E-state index is 13.0. The van der Waals surface area contributed by atoms with E-state index in [1.54, 1.807) is 0 Å². The van der Waals surface area contributed by atoms with Gasteiger partial charge < -0.3 is 24.6 Å². The molecule has 0 unspecified atom stereocenters. The summed E-state index contributed by atoms with van der Waals surface area (Å²) >= 11 is 1.33. The molecule has 0 radical (unpaired) electrons. The first-order chi connectivity index (χ1) is 15.8. The standard InChI is InChI=1S/C27H46O6S/c1-13(2)14(3)22(30)23(31)15(4)16-7-8-17-24-18(9-10-26(16,17)5)27(6)12-21(29)20(28)11-19(27)25(32)33-34-24/h13-24,28-31H,7-12H2,1-6H3/t14-,15-,16+,17-,18-,19+,20-,21+,22+,23+,24-,26+,27+/m0/s1. The Morgan fingerprint density at radius 1 is 0.941 bits per heavy atom. The molecule has 1 heterocycles. The van der Waals surface area contributed by atoms with Crippen LogP contribution < -0.4 is 0 Å². The van der Waals surface area contributed by atoms with Gasteiger partial charge in [-0.1, -0.05) is 41.5 Å². The third kappa shape index (κ3) is 4.15. The Morgan fingerprint density at radius 3 is 2.24 bits per heavy atom. The molecule has 3 saturated carbocycles. The zero-order chi connectivity index (χ0) is 25.2. The summed E-state index contributed by atoms with van der Waals surface area (Å²) in [5.41, 5.74) is -0.387. The fourth-order valence-electron chi connectivity index (χ4n) is 8.41. The number of aliphatic hydroxyl groups is 4. The molecule has 0 amide bonds. The lowest BCUT2D eigenvalue weighted by molar-refractivity contribution is -0.158. The van der Waals surface area contributed by atoms with Crippen LogP contribution in [0, 0.1) is 52.3 Å². The highest BCUT2D eigenvalue weighted by atomic mass is 32.2. The van der Waals surface area contributed by atoms with E-state index in [4.69, 9.17) is 4.18 Å². The van der Waals surface area contributed by atoms with Crippen LogP contribution in [0.3, 0.4) is 0 Å². The van der Waals surface area contributed by atoms with E-state index in [1.807, 2.05) is 6.92 Å². The monoisotopic (exact) mass is 498 g/mol. The normalized spacial score (nSPS) is 48.1. The Balaban J connectivity index is 1.58. The van der Waals surface area contributed by atoms with Crippen LogP contribution in [0.15, 0.2) is 0 Å². The van der Waals surface area contributed by atoms with Crippen molar-refractivity contribution in [2.24, 2.45) is 52.3 Å². The second-order valence-corrected chi connectivity index (χ2v) is 13.9. The predicted molar refractivity (Wildman–Crippen MR) is 133 cm³/mol. The third-order valence-corrected chi connectivity index (χ3v) is 12.3. The minimum Gasteiger partial charge on any atom is -0.391 e. The molecule has 6 nitrogen and oxygen atoms in total. The summed E-state index contributed by atoms with van der Waals surface area (Å²) in [5.74, 6) is 0.555. The van der Waals surface area contributed by atoms with Gasteiger partial charge in [-0.25, -0.2) is 0 Å². The molecule has 4 rings (SSSR count). The molecule has 4 fully saturated rings. The molecule has 7 heteroatoms. The molecule has 0 aromatic rings. The molecule has 0 spiro atoms. The average Bonchev–Trinajstić information content (AvgIpc) is 3.09. The first-order valence-electron chi connectivity index (χ1n) is 13.4. The van der Waals surface area contributed by atoms with Gasteiger partial charge in [-0.3, -0.25) is 4.79 Å². The largest absolute Gasteiger partial charge is 0.391 e. The number of hydrogen-bond acceptors (Lipinski definition) is 7. The minimum absolute atomic E-state index is 0.00472. The van der Waals surface area contributed by atoms with Crippen molar-refractivity contribution in [3.8, 4) is 0 Å². The van der Waals surface area contributed by atoms with E-state index >= 15 is 0 Å². The van der Waals surface area contributed by atoms with Crippen molar-refractivity contribution in [3.05, 3.63) is 0 Å². The highest BCUT2D eigenvalue weighted by molar-refractivity contribution is 7.95. The number of rotatable bonds is 5. The lowest BCUT2D eigenvalue weighted by Crippen LogP contribution is -2.55. The van der Waals surface area contributed by atoms with E-state index < -0.39 is 29.8 Å². The second kappa shape index (κ2) is 9.51. The van der Waals surface area contributed by atoms with Crippen molar-refractivity contribution in [1.29, 1.82) is 0 Å². The van der Waals surface area contributed by atoms with Crippen LogP contribution in [0.25, 0.3) is 0 Å². The van der Waals surface area contributed by atoms with Gasteiger partial charge in [-0.2, -0.15) is 0 Å². The van der Waals surface area contributed by atoms with Gasteiger partial charge in [0, 0.05) is 5.25 Å². The molecule has 13 atom stereocenters. The number of aliphatic hydroxyl groups excluding tert-OH is 4. The van der Waals surface area contributed by atoms with E-state index in [0.717, 1.165) is 25.7 Å². The number of hydrogen-bond donors (Lipinski definition) is 4. The average molecular weight is 499 g/mol. The molecule has 0 aromatic heterocycles. The van der Waals surface area contributed by atoms with Crippen LogP contribution in [0.5, 0.6) is 0 Å². The molecule has 1 aliphatic heterocycles. The van der Waals surface area contributed by atoms with Gasteiger partial charge in [0.05, 0.1) is 42.4 Å². The number of fused-ring (bicyclic) bond motifs is 5. The molecule has 0 bridgehead atoms. The second-order valence-electron chi connectivity index (χ2n) is 13.0. The van der Waals surface area contributed by atoms with Gasteiger partial charge in [-0.15, -0.1) is 0 Å². The van der Waals surface area contributed by atoms with Crippen molar-refractivity contribution in [2.75, 3.05) is 0 Å². The van der Waals surface area contributed by atoms with Gasteiger partial charge in [0.1, 0.15) is 0 Å². The highest BCUT2D eigenvalue weighted by Crippen LogP contribution is 2.66. The Morgan fingerprint density at radius 2 is 1.59 bits per heavy atom. The summed E-state index contributed by atoms with van der Waals surface area (Å²) in [5, 5.41) is 43.0. The van der Waals surface area contributed by atoms with Gasteiger partial charge in [0.25, 0.3) is 0 Å². The van der Waals surface area contributed by atoms with E-state index in [0.29, 0.717) is 24.2 Å². The van der Waals surface area contributed by atoms with Crippen molar-refractivity contribution in [3.63, 3.8) is 0 Å². The van der Waals surface area contributed by atoms with Crippen LogP contribution in [-0.2, 0) is 8.98 Å². The zero-order valence-corrected chi connectivity index (χ0v) is 22.5. The SMILES string of the molecule is CC(C)[C@H](C)[C@@H](O)[C@H](O)[C@@H](C)[C@H]1CC[C@H]2[C@@H]3SOC(=O)[C@H]4C[C@H](O)[C@H](O)C[C@]4(C)[C@H]3CC[C@]12C. The fraction of sp³-hybridized carbons (Fsp3) is 0.963. The van der Waals surface area contributed by atoms with Gasteiger partial charge in [0.2, 0.25) is 0 Å². The molecule has 196 valence electrons. The summed E-state index contributed by atoms with van der Waals surface area (Å²) in [4.78, 5) is 13.0. The summed E-state index contributed by atoms with van der Waals surface area (Å²) in [6.07, 6.45) is 1.49. The van der Waals surface area contributed by atoms with E-state index in [9.17, 15) is 25.2 Å². The summed E-state index contributed by atoms with van der Waals surface area (Å²) in [6.45, 7) is 12.8. The Labute approximate surface area is 209 Å². The Kier molecular flexibility index (Phi) is 7.48. The summed E-state index contributed by atoms with van der Waals surface area (Å²) in [6, 6.07) is 0. The number of carbonyl (C=O) groups is 1. The molecular weight excluding hydrogens is 452 g/mol. The first kappa shape index (κ1) is 26.7. The van der Waals surface area contributed by atoms with E-state index in [-0.39, 0.29) is 46.7 Å². The molecular formula is C27H46O6S. The predicted octanol–water partition coefficient (Wildman–Crippen LogP) is 3.79. The van der Waals surface area contributed by atoms with Crippen LogP contribution in [0.1, 0.15) is 80.1 Å². The number of carbonyl (C=O) groups excluding carboxylic acids is 1. The zero-order valence-electron chi connectivity index (χ0n) is 21.7. The van der Waals surface area contributed by atoms with E-state index in [2.05, 4.69) is 34.6 Å². The first-order valence-corrected chi connectivity index (χ1v) is 14.2. The maximum atomic E-state index is 13.0. The van der Waals surface area contributed by atoms with Gasteiger partial charge in [0.15, 0.2) is 0 Å². The van der Waals surface area contributed by atoms with Crippen molar-refractivity contribution >= 4 is 18.0 Å². The lowest BCUT2D eigenvalue weighted by Gasteiger charge is -2.55. The van der Waals surface area contributed by atoms with Crippen LogP contribution in [0.2, 0.25) is 0 Å². The van der Waals surface area contributed by atoms with E-state index in [1.165, 1.54) is 12.0 Å². The topological polar surface area (TPSA) is 107 Å². The third-order valence-electron chi connectivity index (χ3n) is 11.1. The van der Waals surface area contributed by atoms with Gasteiger partial charge >= 0.3 is 5.97 Å². The summed E-state index contributed by atoms with van der Waals surface area (Å²) < 4.78 is 5.78. The van der Waals surface area contributed by atoms with Crippen LogP contribution in [0.4, 0.5) is 0 Å². The van der Waals surface area contributed by atoms with Crippen molar-refractivity contribution in [2.45, 2.75) is 110 Å². The molecule has 1 saturated heterocycles. The van der Waals surface area contributed by atoms with Gasteiger partial charge in [-0.05, 0) is 84.9 Å². The lowest BCUT2D eigenvalue weighted by atomic mass is 9.51. The van der Waals surface area contributed by atoms with Crippen molar-refractivity contribution in [1.82, 2.24) is 0 Å². The highest BCUT2D eigenvalue weighted by Gasteiger charge is 2.63. The fourth-order valence-corrected chi connectivity index (χ4v) is 9.89. The smallest absolute Gasteiger partial charge is 0.321 e. The Bertz CT molecular complexity index is 761. The molecule has 4 N–H and O–H groups in total. The minimum atomic E-state index is -0.876. The maximum Gasteiger partial charge on any atom is 0.321 e. The molecule has 34 heavy (non-hydrogen) atoms. The van der Waals surface area contributed by atoms with Crippen molar-refractivity contribution < 1.29 is 29.4 Å². The van der Waals surface area contributed by atoms with Crippen LogP contribution in [-0.4, -0.2) is 56.1 Å². The molecule has 4 aliphatic rings. The van der Waals surface area contributed by atoms with Crippen LogP contribution >= 0.6 is 12.0 Å².